The molecule has 4 aliphatic rings. The summed E-state index contributed by atoms with van der Waals surface area (Å²) in [5.41, 5.74) is 2.29. The number of aliphatic hydroxyl groups excluding tert-OH is 1. The SMILES string of the molecule is O=S(=O)(C1CC1)n1cc(-c2nccc(Nc3cc(NC[C@H]4CC[C@H](CO)CC4)c(C#CC4CC5CCC4O5)cn3)n2)cn1. The van der Waals surface area contributed by atoms with Crippen LogP contribution in [-0.4, -0.2) is 68.3 Å². The highest BCUT2D eigenvalue weighted by molar-refractivity contribution is 7.90. The van der Waals surface area contributed by atoms with Crippen molar-refractivity contribution in [2.75, 3.05) is 23.8 Å². The molecule has 2 bridgehead atoms. The first-order chi connectivity index (χ1) is 20.9. The van der Waals surface area contributed by atoms with Gasteiger partial charge >= 0.3 is 0 Å². The number of hydrogen-bond donors (Lipinski definition) is 3. The van der Waals surface area contributed by atoms with E-state index >= 15 is 0 Å². The number of nitrogens with zero attached hydrogens (tertiary/aromatic N) is 5. The normalized spacial score (nSPS) is 26.6. The highest BCUT2D eigenvalue weighted by Gasteiger charge is 2.40. The Balaban J connectivity index is 1.09. The average Bonchev–Trinajstić information content (AvgIpc) is 3.42. The molecule has 0 aromatic carbocycles. The van der Waals surface area contributed by atoms with Gasteiger partial charge in [0.25, 0.3) is 10.0 Å². The van der Waals surface area contributed by atoms with Crippen LogP contribution in [0, 0.1) is 29.6 Å². The van der Waals surface area contributed by atoms with Crippen LogP contribution in [-0.2, 0) is 14.8 Å². The lowest BCUT2D eigenvalue weighted by atomic mass is 9.82. The molecule has 3 N–H and O–H groups in total. The van der Waals surface area contributed by atoms with Gasteiger partial charge in [-0.1, -0.05) is 11.8 Å². The Morgan fingerprint density at radius 3 is 2.60 bits per heavy atom. The average molecular weight is 604 g/mol. The molecule has 11 nitrogen and oxygen atoms in total. The summed E-state index contributed by atoms with van der Waals surface area (Å²) < 4.78 is 32.1. The van der Waals surface area contributed by atoms with Crippen LogP contribution in [0.15, 0.2) is 36.9 Å². The van der Waals surface area contributed by atoms with Crippen LogP contribution in [0.3, 0.4) is 0 Å². The van der Waals surface area contributed by atoms with Crippen molar-refractivity contribution in [3.8, 4) is 23.2 Å². The van der Waals surface area contributed by atoms with E-state index in [9.17, 15) is 13.5 Å². The van der Waals surface area contributed by atoms with Crippen LogP contribution in [0.25, 0.3) is 11.4 Å². The first kappa shape index (κ1) is 28.3. The number of rotatable bonds is 9. The van der Waals surface area contributed by atoms with Gasteiger partial charge in [-0.15, -0.1) is 0 Å². The Morgan fingerprint density at radius 1 is 1.02 bits per heavy atom. The van der Waals surface area contributed by atoms with Crippen molar-refractivity contribution in [3.05, 3.63) is 42.5 Å². The van der Waals surface area contributed by atoms with E-state index < -0.39 is 10.0 Å². The number of fused-ring (bicyclic) bond motifs is 2. The lowest BCUT2D eigenvalue weighted by molar-refractivity contribution is 0.0987. The second kappa shape index (κ2) is 11.9. The zero-order chi connectivity index (χ0) is 29.4. The second-order valence-corrected chi connectivity index (χ2v) is 14.4. The van der Waals surface area contributed by atoms with Gasteiger partial charge in [-0.05, 0) is 75.7 Å². The number of pyridine rings is 1. The summed E-state index contributed by atoms with van der Waals surface area (Å²) in [7, 11) is -3.46. The van der Waals surface area contributed by atoms with Crippen LogP contribution in [0.1, 0.15) is 63.4 Å². The van der Waals surface area contributed by atoms with Crippen molar-refractivity contribution >= 4 is 27.3 Å². The van der Waals surface area contributed by atoms with Crippen LogP contribution in [0.5, 0.6) is 0 Å². The lowest BCUT2D eigenvalue weighted by Crippen LogP contribution is -2.23. The number of nitrogens with one attached hydrogen (secondary N) is 2. The van der Waals surface area contributed by atoms with E-state index in [1.807, 2.05) is 6.07 Å². The van der Waals surface area contributed by atoms with E-state index in [-0.39, 0.29) is 23.9 Å². The minimum absolute atomic E-state index is 0.248. The molecule has 3 unspecified atom stereocenters. The number of anilines is 3. The van der Waals surface area contributed by atoms with Crippen molar-refractivity contribution < 1.29 is 18.3 Å². The summed E-state index contributed by atoms with van der Waals surface area (Å²) in [6.07, 6.45) is 15.8. The summed E-state index contributed by atoms with van der Waals surface area (Å²) in [5, 5.41) is 20.1. The molecule has 2 aliphatic heterocycles. The molecule has 7 rings (SSSR count). The highest BCUT2D eigenvalue weighted by atomic mass is 32.2. The molecule has 3 aromatic rings. The van der Waals surface area contributed by atoms with Gasteiger partial charge in [0.05, 0.1) is 46.7 Å². The summed E-state index contributed by atoms with van der Waals surface area (Å²) in [6.45, 7) is 1.11. The maximum Gasteiger partial charge on any atom is 0.256 e. The lowest BCUT2D eigenvalue weighted by Gasteiger charge is -2.27. The van der Waals surface area contributed by atoms with Gasteiger partial charge in [-0.3, -0.25) is 0 Å². The predicted molar refractivity (Wildman–Crippen MR) is 162 cm³/mol. The molecule has 5 heterocycles. The van der Waals surface area contributed by atoms with Gasteiger partial charge in [-0.25, -0.2) is 23.4 Å². The fourth-order valence-corrected chi connectivity index (χ4v) is 7.86. The van der Waals surface area contributed by atoms with Crippen molar-refractivity contribution in [2.24, 2.45) is 17.8 Å². The van der Waals surface area contributed by atoms with Crippen molar-refractivity contribution in [2.45, 2.75) is 75.2 Å². The van der Waals surface area contributed by atoms with Gasteiger partial charge in [0.15, 0.2) is 5.82 Å². The molecule has 3 atom stereocenters. The fraction of sp³-hybridized carbons (Fsp3) is 0.548. The van der Waals surface area contributed by atoms with E-state index in [1.165, 1.54) is 12.4 Å². The largest absolute Gasteiger partial charge is 0.396 e. The third-order valence-electron chi connectivity index (χ3n) is 9.14. The number of aliphatic hydroxyl groups is 1. The second-order valence-electron chi connectivity index (χ2n) is 12.3. The highest BCUT2D eigenvalue weighted by Crippen LogP contribution is 2.38. The number of ether oxygens (including phenoxy) is 1. The van der Waals surface area contributed by atoms with E-state index in [2.05, 4.69) is 42.5 Å². The fourth-order valence-electron chi connectivity index (χ4n) is 6.38. The molecule has 0 radical (unpaired) electrons. The maximum absolute atomic E-state index is 12.6. The van der Waals surface area contributed by atoms with Gasteiger partial charge in [-0.2, -0.15) is 9.19 Å². The molecule has 4 fully saturated rings. The molecule has 0 amide bonds. The smallest absolute Gasteiger partial charge is 0.256 e. The summed E-state index contributed by atoms with van der Waals surface area (Å²) in [4.78, 5) is 13.6. The van der Waals surface area contributed by atoms with E-state index in [0.717, 1.165) is 66.8 Å². The summed E-state index contributed by atoms with van der Waals surface area (Å²) >= 11 is 0. The van der Waals surface area contributed by atoms with E-state index in [0.29, 0.717) is 53.8 Å². The zero-order valence-electron chi connectivity index (χ0n) is 24.0. The Kier molecular flexibility index (Phi) is 7.80. The van der Waals surface area contributed by atoms with E-state index in [4.69, 9.17) is 4.74 Å². The molecule has 12 heteroatoms. The maximum atomic E-state index is 12.6. The quantitative estimate of drug-likeness (QED) is 0.308. The molecule has 2 saturated carbocycles. The predicted octanol–water partition coefficient (Wildman–Crippen LogP) is 3.95. The number of aromatic nitrogens is 5. The van der Waals surface area contributed by atoms with Crippen LogP contribution >= 0.6 is 0 Å². The molecule has 43 heavy (non-hydrogen) atoms. The molecular weight excluding hydrogens is 566 g/mol. The number of hydrogen-bond acceptors (Lipinski definition) is 10. The third kappa shape index (κ3) is 6.25. The van der Waals surface area contributed by atoms with Gasteiger partial charge in [0, 0.05) is 37.5 Å². The monoisotopic (exact) mass is 603 g/mol. The topological polar surface area (TPSA) is 144 Å². The molecular formula is C31H37N7O4S. The zero-order valence-corrected chi connectivity index (χ0v) is 24.8. The molecule has 226 valence electrons. The van der Waals surface area contributed by atoms with Crippen molar-refractivity contribution in [3.63, 3.8) is 0 Å². The van der Waals surface area contributed by atoms with Gasteiger partial charge < -0.3 is 20.5 Å². The third-order valence-corrected chi connectivity index (χ3v) is 11.2. The Morgan fingerprint density at radius 2 is 1.86 bits per heavy atom. The minimum atomic E-state index is -3.46. The molecule has 2 saturated heterocycles. The minimum Gasteiger partial charge on any atom is -0.396 e. The van der Waals surface area contributed by atoms with Crippen LogP contribution in [0.2, 0.25) is 0 Å². The Labute approximate surface area is 251 Å². The Bertz CT molecular complexity index is 1640. The standard InChI is InChI=1S/C31H37N7O4S/c39-19-21-3-1-20(2-4-21)15-33-27-14-30(34-16-23(27)6-5-22-13-25-7-10-28(22)42-25)36-29-11-12-32-31(37-29)24-17-35-38(18-24)43(40,41)26-8-9-26/h11-12,14,16-18,20-22,25-26,28,39H,1-4,7-10,13,15,19H2,(H2,32,33,34,36,37)/t20-,21-,22?,25?,28?. The van der Waals surface area contributed by atoms with E-state index in [1.54, 1.807) is 18.5 Å². The summed E-state index contributed by atoms with van der Waals surface area (Å²) in [5.74, 6) is 9.60. The summed E-state index contributed by atoms with van der Waals surface area (Å²) in [6, 6.07) is 3.70. The van der Waals surface area contributed by atoms with Crippen LogP contribution in [0.4, 0.5) is 17.3 Å². The molecule has 2 aliphatic carbocycles. The van der Waals surface area contributed by atoms with Gasteiger partial charge in [0.1, 0.15) is 11.6 Å². The molecule has 3 aromatic heterocycles. The van der Waals surface area contributed by atoms with Crippen molar-refractivity contribution in [1.29, 1.82) is 0 Å². The first-order valence-corrected chi connectivity index (χ1v) is 16.9. The van der Waals surface area contributed by atoms with Crippen molar-refractivity contribution in [1.82, 2.24) is 24.1 Å². The van der Waals surface area contributed by atoms with Gasteiger partial charge in [0.2, 0.25) is 0 Å². The first-order valence-electron chi connectivity index (χ1n) is 15.4. The molecule has 0 spiro atoms. The Hall–Kier alpha value is -3.53. The van der Waals surface area contributed by atoms with Crippen LogP contribution < -0.4 is 10.6 Å².